The molecule has 0 spiro atoms. The van der Waals surface area contributed by atoms with Crippen LogP contribution in [0.4, 0.5) is 0 Å². The Morgan fingerprint density at radius 1 is 0.208 bits per heavy atom. The Balaban J connectivity index is 0.00000185. The summed E-state index contributed by atoms with van der Waals surface area (Å²) in [5.74, 6) is 0. The normalized spacial score (nSPS) is 12.2. The van der Waals surface area contributed by atoms with Gasteiger partial charge < -0.3 is 19.4 Å². The minimum Gasteiger partial charge on any atom is -0.493 e. The van der Waals surface area contributed by atoms with Crippen molar-refractivity contribution in [3.8, 4) is 0 Å². The third kappa shape index (κ3) is 53.9. The van der Waals surface area contributed by atoms with E-state index in [1.54, 1.807) is 15.8 Å². The maximum absolute atomic E-state index is 12.9. The Morgan fingerprint density at radius 2 is 0.368 bits per heavy atom. The second-order valence-corrected chi connectivity index (χ2v) is 33.7. The molecular weight excluding hydrogens is 1320 g/mol. The molecule has 2 nitrogen and oxygen atoms in total. The van der Waals surface area contributed by atoms with E-state index >= 15 is 0 Å². The summed E-state index contributed by atoms with van der Waals surface area (Å²) in [4.78, 5) is 0. The van der Waals surface area contributed by atoms with Crippen LogP contribution in [-0.2, 0) is 55.0 Å². The number of unbranched alkanes of at least 4 members (excludes halogenated alkanes) is 57. The van der Waals surface area contributed by atoms with Crippen LogP contribution in [0.2, 0.25) is 0 Å². The van der Waals surface area contributed by atoms with Crippen molar-refractivity contribution in [3.05, 3.63) is 99.3 Å². The molecule has 3 heteroatoms. The summed E-state index contributed by atoms with van der Waals surface area (Å²) in [6.07, 6.45) is 102. The Bertz CT molecular complexity index is 2140. The van der Waals surface area contributed by atoms with E-state index in [1.165, 1.54) is 436 Å². The van der Waals surface area contributed by atoms with Gasteiger partial charge in [-0.2, -0.15) is 12.8 Å². The second kappa shape index (κ2) is 79.7. The largest absolute Gasteiger partial charge is 2.00 e. The van der Waals surface area contributed by atoms with E-state index in [1.807, 2.05) is 0 Å². The Labute approximate surface area is 678 Å². The molecule has 0 aromatic heterocycles. The molecule has 0 atom stereocenters. The van der Waals surface area contributed by atoms with Crippen LogP contribution in [-0.4, -0.2) is 4.70 Å². The predicted octanol–water partition coefficient (Wildman–Crippen LogP) is 36.9. The molecule has 1 aliphatic rings. The van der Waals surface area contributed by atoms with Gasteiger partial charge in [0, 0.05) is 22.3 Å². The Hall–Kier alpha value is -1.99. The molecule has 0 bridgehead atoms. The van der Waals surface area contributed by atoms with Gasteiger partial charge in [0.25, 0.3) is 0 Å². The fourth-order valence-electron chi connectivity index (χ4n) is 17.0. The monoisotopic (exact) mass is 1510 g/mol. The average Bonchev–Trinajstić information content (AvgIpc) is 1.59. The van der Waals surface area contributed by atoms with E-state index in [4.69, 9.17) is 0 Å². The number of allylic oxidation sites excluding steroid dienone is 2. The molecule has 2 aromatic rings. The molecule has 0 fully saturated rings. The molecule has 0 amide bonds. The average molecular weight is 1510 g/mol. The van der Waals surface area contributed by atoms with Crippen molar-refractivity contribution in [1.29, 1.82) is 0 Å². The van der Waals surface area contributed by atoms with Gasteiger partial charge in [0.2, 0.25) is 11.4 Å². The standard InChI is InChI=1S/C55H90N2.2C24H49.Ni/c1-9-17-19-21-23-24-25-26-27-29-31-39-53-52(38-30-28-22-20-18-10-2)54(48-40-44(32-11-3)50(36-15-7)45(41-48)33-12-4)57(56)55(53)49-42-46(34-13-5)51(37-16-8)47(43-49)35-14-6;2*1-3-5-7-9-11-13-15-17-19-21-23-24-22-20-18-16-14-12-10-8-6-4-2;/h40-43H,9-39H2,1-8H3;2*1,3-24H2,2H3;/q;2*-1;+2. The van der Waals surface area contributed by atoms with Crippen LogP contribution in [0.5, 0.6) is 0 Å². The summed E-state index contributed by atoms with van der Waals surface area (Å²) in [5.41, 5.74) is 29.7. The minimum absolute atomic E-state index is 0. The molecule has 0 aliphatic carbocycles. The first-order chi connectivity index (χ1) is 51.8. The summed E-state index contributed by atoms with van der Waals surface area (Å²) >= 11 is 0. The van der Waals surface area contributed by atoms with Crippen molar-refractivity contribution in [2.45, 2.75) is 551 Å². The van der Waals surface area contributed by atoms with Crippen molar-refractivity contribution in [1.82, 2.24) is 0 Å². The van der Waals surface area contributed by atoms with Gasteiger partial charge in [0.05, 0.1) is 0 Å². The van der Waals surface area contributed by atoms with Crippen LogP contribution in [0.3, 0.4) is 0 Å². The Kier molecular flexibility index (Phi) is 78.2. The maximum Gasteiger partial charge on any atom is 2.00 e. The molecule has 2 aromatic carbocycles. The molecule has 0 unspecified atom stereocenters. The van der Waals surface area contributed by atoms with Crippen LogP contribution in [0.15, 0.2) is 35.4 Å². The molecule has 0 saturated carbocycles. The van der Waals surface area contributed by atoms with Gasteiger partial charge in [0.1, 0.15) is 0 Å². The van der Waals surface area contributed by atoms with Gasteiger partial charge in [-0.05, 0) is 122 Å². The Morgan fingerprint density at radius 3 is 0.528 bits per heavy atom. The van der Waals surface area contributed by atoms with Gasteiger partial charge in [-0.25, -0.2) is 4.70 Å². The van der Waals surface area contributed by atoms with E-state index in [-0.39, 0.29) is 16.5 Å². The summed E-state index contributed by atoms with van der Waals surface area (Å²) in [5, 5.41) is 0. The molecular formula is C103H188N2Ni. The first-order valence-corrected chi connectivity index (χ1v) is 48.6. The zero-order chi connectivity index (χ0) is 76.4. The molecule has 620 valence electrons. The predicted molar refractivity (Wildman–Crippen MR) is 479 cm³/mol. The van der Waals surface area contributed by atoms with E-state index in [0.717, 1.165) is 101 Å². The van der Waals surface area contributed by atoms with E-state index in [0.29, 0.717) is 0 Å². The van der Waals surface area contributed by atoms with E-state index < -0.39 is 0 Å². The molecule has 0 saturated heterocycles. The molecule has 3 rings (SSSR count). The first kappa shape index (κ1) is 104. The van der Waals surface area contributed by atoms with E-state index in [9.17, 15) is 5.53 Å². The molecule has 1 aliphatic heterocycles. The topological polar surface area (TPSA) is 25.3 Å². The summed E-state index contributed by atoms with van der Waals surface area (Å²) in [6, 6.07) is 10.0. The number of aryl methyl sites for hydroxylation is 4. The quantitative estimate of drug-likeness (QED) is 0.0273. The maximum atomic E-state index is 12.9. The number of hydrogen-bond acceptors (Lipinski definition) is 0. The van der Waals surface area contributed by atoms with Crippen molar-refractivity contribution < 1.29 is 21.2 Å². The summed E-state index contributed by atoms with van der Waals surface area (Å²) < 4.78 is 1.72. The van der Waals surface area contributed by atoms with Crippen molar-refractivity contribution in [2.75, 3.05) is 0 Å². The van der Waals surface area contributed by atoms with Gasteiger partial charge in [0.15, 0.2) is 0 Å². The number of hydrogen-bond donors (Lipinski definition) is 0. The van der Waals surface area contributed by atoms with Crippen LogP contribution in [0.25, 0.3) is 16.9 Å². The van der Waals surface area contributed by atoms with Crippen molar-refractivity contribution >= 4 is 11.4 Å². The fraction of sp³-hybridized carbons (Fsp3) is 0.825. The number of benzene rings is 2. The van der Waals surface area contributed by atoms with Crippen LogP contribution in [0.1, 0.15) is 557 Å². The first-order valence-electron chi connectivity index (χ1n) is 48.6. The minimum atomic E-state index is 0. The zero-order valence-electron chi connectivity index (χ0n) is 74.0. The molecule has 0 radical (unpaired) electrons. The van der Waals surface area contributed by atoms with E-state index in [2.05, 4.69) is 107 Å². The van der Waals surface area contributed by atoms with Crippen LogP contribution < -0.4 is 0 Å². The zero-order valence-corrected chi connectivity index (χ0v) is 75.0. The third-order valence-corrected chi connectivity index (χ3v) is 23.4. The van der Waals surface area contributed by atoms with Gasteiger partial charge in [-0.1, -0.05) is 474 Å². The smallest absolute Gasteiger partial charge is 0.493 e. The second-order valence-electron chi connectivity index (χ2n) is 33.7. The number of rotatable bonds is 75. The van der Waals surface area contributed by atoms with Crippen molar-refractivity contribution in [3.63, 3.8) is 0 Å². The van der Waals surface area contributed by atoms with Crippen LogP contribution >= 0.6 is 0 Å². The summed E-state index contributed by atoms with van der Waals surface area (Å²) in [6.45, 7) is 31.0. The number of nitrogens with zero attached hydrogens (tertiary/aromatic N) is 2. The van der Waals surface area contributed by atoms with Crippen LogP contribution in [0, 0.1) is 13.8 Å². The van der Waals surface area contributed by atoms with Gasteiger partial charge >= 0.3 is 16.5 Å². The molecule has 0 N–H and O–H groups in total. The molecule has 106 heavy (non-hydrogen) atoms. The summed E-state index contributed by atoms with van der Waals surface area (Å²) in [7, 11) is 0. The third-order valence-electron chi connectivity index (χ3n) is 23.4. The molecule has 1 heterocycles. The fourth-order valence-corrected chi connectivity index (χ4v) is 17.0. The van der Waals surface area contributed by atoms with Gasteiger partial charge in [-0.3, -0.25) is 0 Å². The van der Waals surface area contributed by atoms with Crippen molar-refractivity contribution in [2.24, 2.45) is 0 Å². The van der Waals surface area contributed by atoms with Gasteiger partial charge in [-0.15, -0.1) is 0 Å². The SMILES string of the molecule is CCCCCCCCCCCCCC1=C(c2cc(CCC)c(CCC)c(CCC)c2)[N+](=[N-])C(c2cc(CCC)c(CCC)c(CCC)c2)=C1CCCCCCCC.[CH2-]CCCCCCCCCCCCCCCCCCCCCCC.[CH2-]CCCCCCCCCCCCCCCCCCCCCCC.[Ni+2].